The first-order chi connectivity index (χ1) is 12.7. The largest absolute Gasteiger partial charge is 0.484 e. The van der Waals surface area contributed by atoms with Crippen LogP contribution in [-0.2, 0) is 4.79 Å². The van der Waals surface area contributed by atoms with Gasteiger partial charge in [-0.25, -0.2) is 0 Å². The standard InChI is InChI=1S/C20H30N2O2S2/c1-16-5-2-3-11-22(16)12-4-10-21-19(23)15-24-18-8-6-17(7-9-18)20-25-13-14-26-20/h6-9,16,20H,2-5,10-15H2,1H3,(H,21,23)/p+1/t16-/m0/s1. The molecule has 3 rings (SSSR count). The van der Waals surface area contributed by atoms with Crippen LogP contribution in [-0.4, -0.2) is 49.7 Å². The minimum Gasteiger partial charge on any atom is -0.484 e. The van der Waals surface area contributed by atoms with E-state index in [1.807, 2.05) is 35.7 Å². The van der Waals surface area contributed by atoms with Crippen LogP contribution in [0.4, 0.5) is 0 Å². The van der Waals surface area contributed by atoms with E-state index >= 15 is 0 Å². The number of thioether (sulfide) groups is 2. The molecule has 1 aromatic carbocycles. The van der Waals surface area contributed by atoms with Gasteiger partial charge in [-0.3, -0.25) is 4.79 Å². The lowest BCUT2D eigenvalue weighted by atomic mass is 10.0. The number of hydrogen-bond donors (Lipinski definition) is 2. The van der Waals surface area contributed by atoms with E-state index in [1.54, 1.807) is 4.90 Å². The van der Waals surface area contributed by atoms with Crippen molar-refractivity contribution < 1.29 is 14.4 Å². The Bertz CT molecular complexity index is 561. The molecule has 6 heteroatoms. The molecular formula is C20H31N2O2S2+. The quantitative estimate of drug-likeness (QED) is 0.664. The van der Waals surface area contributed by atoms with Crippen LogP contribution in [0.15, 0.2) is 24.3 Å². The summed E-state index contributed by atoms with van der Waals surface area (Å²) in [5.41, 5.74) is 1.34. The zero-order valence-corrected chi connectivity index (χ0v) is 17.3. The van der Waals surface area contributed by atoms with Gasteiger partial charge >= 0.3 is 0 Å². The number of quaternary nitrogens is 1. The smallest absolute Gasteiger partial charge is 0.257 e. The molecule has 2 atom stereocenters. The Morgan fingerprint density at radius 2 is 2.00 bits per heavy atom. The minimum atomic E-state index is -0.0299. The highest BCUT2D eigenvalue weighted by Gasteiger charge is 2.21. The Hall–Kier alpha value is -0.850. The van der Waals surface area contributed by atoms with Crippen LogP contribution < -0.4 is 15.0 Å². The van der Waals surface area contributed by atoms with Crippen LogP contribution in [0.5, 0.6) is 5.75 Å². The molecule has 2 fully saturated rings. The average molecular weight is 396 g/mol. The number of benzene rings is 1. The van der Waals surface area contributed by atoms with E-state index in [9.17, 15) is 4.79 Å². The highest BCUT2D eigenvalue weighted by molar-refractivity contribution is 8.19. The third-order valence-electron chi connectivity index (χ3n) is 5.22. The average Bonchev–Trinajstić information content (AvgIpc) is 3.20. The van der Waals surface area contributed by atoms with Crippen molar-refractivity contribution >= 4 is 29.4 Å². The fraction of sp³-hybridized carbons (Fsp3) is 0.650. The Balaban J connectivity index is 1.30. The molecule has 0 spiro atoms. The van der Waals surface area contributed by atoms with Gasteiger partial charge in [0.25, 0.3) is 5.91 Å². The second kappa shape index (κ2) is 10.5. The maximum Gasteiger partial charge on any atom is 0.257 e. The lowest BCUT2D eigenvalue weighted by Crippen LogP contribution is -3.16. The predicted molar refractivity (Wildman–Crippen MR) is 111 cm³/mol. The zero-order chi connectivity index (χ0) is 18.2. The maximum atomic E-state index is 12.0. The first kappa shape index (κ1) is 19.9. The third-order valence-corrected chi connectivity index (χ3v) is 8.33. The summed E-state index contributed by atoms with van der Waals surface area (Å²) >= 11 is 3.99. The van der Waals surface area contributed by atoms with E-state index in [0.29, 0.717) is 4.58 Å². The molecule has 2 aliphatic rings. The molecule has 1 unspecified atom stereocenters. The second-order valence-electron chi connectivity index (χ2n) is 7.19. The molecule has 1 amide bonds. The van der Waals surface area contributed by atoms with Gasteiger partial charge in [0.15, 0.2) is 6.61 Å². The van der Waals surface area contributed by atoms with Crippen molar-refractivity contribution in [3.05, 3.63) is 29.8 Å². The van der Waals surface area contributed by atoms with Gasteiger partial charge in [0.05, 0.1) is 23.7 Å². The molecule has 0 aromatic heterocycles. The molecule has 4 nitrogen and oxygen atoms in total. The first-order valence-electron chi connectivity index (χ1n) is 9.79. The number of nitrogens with one attached hydrogen (secondary N) is 2. The van der Waals surface area contributed by atoms with Crippen LogP contribution >= 0.6 is 23.5 Å². The van der Waals surface area contributed by atoms with E-state index in [0.717, 1.165) is 31.3 Å². The molecule has 26 heavy (non-hydrogen) atoms. The lowest BCUT2D eigenvalue weighted by molar-refractivity contribution is -0.928. The summed E-state index contributed by atoms with van der Waals surface area (Å²) in [5, 5.41) is 2.98. The lowest BCUT2D eigenvalue weighted by Gasteiger charge is -2.30. The van der Waals surface area contributed by atoms with Crippen LogP contribution in [0.2, 0.25) is 0 Å². The topological polar surface area (TPSA) is 42.8 Å². The highest BCUT2D eigenvalue weighted by atomic mass is 32.2. The SMILES string of the molecule is C[C@H]1CCCC[NH+]1CCCNC(=O)COc1ccc(C2SCCS2)cc1. The third kappa shape index (κ3) is 6.10. The van der Waals surface area contributed by atoms with E-state index in [-0.39, 0.29) is 12.5 Å². The number of rotatable bonds is 8. The van der Waals surface area contributed by atoms with Gasteiger partial charge in [0.1, 0.15) is 5.75 Å². The maximum absolute atomic E-state index is 12.0. The van der Waals surface area contributed by atoms with Crippen molar-refractivity contribution in [2.75, 3.05) is 37.7 Å². The van der Waals surface area contributed by atoms with E-state index in [2.05, 4.69) is 24.4 Å². The summed E-state index contributed by atoms with van der Waals surface area (Å²) < 4.78 is 6.17. The van der Waals surface area contributed by atoms with Crippen molar-refractivity contribution in [3.63, 3.8) is 0 Å². The van der Waals surface area contributed by atoms with Crippen LogP contribution in [0, 0.1) is 0 Å². The minimum absolute atomic E-state index is 0.0299. The number of carbonyl (C=O) groups is 1. The van der Waals surface area contributed by atoms with Gasteiger partial charge < -0.3 is 15.0 Å². The Kier molecular flexibility index (Phi) is 8.02. The molecule has 2 N–H and O–H groups in total. The summed E-state index contributed by atoms with van der Waals surface area (Å²) in [6.07, 6.45) is 5.10. The molecule has 2 saturated heterocycles. The van der Waals surface area contributed by atoms with Gasteiger partial charge in [0, 0.05) is 24.5 Å². The predicted octanol–water partition coefficient (Wildman–Crippen LogP) is 2.51. The molecular weight excluding hydrogens is 364 g/mol. The number of ether oxygens (including phenoxy) is 1. The van der Waals surface area contributed by atoms with Crippen LogP contribution in [0.25, 0.3) is 0 Å². The molecule has 0 aliphatic carbocycles. The van der Waals surface area contributed by atoms with Gasteiger partial charge in [-0.1, -0.05) is 12.1 Å². The number of carbonyl (C=O) groups excluding carboxylic acids is 1. The fourth-order valence-corrected chi connectivity index (χ4v) is 6.50. The Morgan fingerprint density at radius 1 is 1.23 bits per heavy atom. The summed E-state index contributed by atoms with van der Waals surface area (Å²) in [6.45, 7) is 5.62. The van der Waals surface area contributed by atoms with E-state index in [1.165, 1.54) is 42.9 Å². The summed E-state index contributed by atoms with van der Waals surface area (Å²) in [5.74, 6) is 3.19. The summed E-state index contributed by atoms with van der Waals surface area (Å²) in [6, 6.07) is 8.95. The molecule has 0 bridgehead atoms. The zero-order valence-electron chi connectivity index (χ0n) is 15.7. The van der Waals surface area contributed by atoms with Crippen molar-refractivity contribution in [2.24, 2.45) is 0 Å². The molecule has 0 radical (unpaired) electrons. The molecule has 2 aliphatic heterocycles. The van der Waals surface area contributed by atoms with Gasteiger partial charge in [-0.2, -0.15) is 0 Å². The molecule has 0 saturated carbocycles. The highest BCUT2D eigenvalue weighted by Crippen LogP contribution is 2.45. The monoisotopic (exact) mass is 395 g/mol. The number of hydrogen-bond acceptors (Lipinski definition) is 4. The molecule has 2 heterocycles. The number of likely N-dealkylation sites (tertiary alicyclic amines) is 1. The van der Waals surface area contributed by atoms with Crippen LogP contribution in [0.3, 0.4) is 0 Å². The van der Waals surface area contributed by atoms with E-state index in [4.69, 9.17) is 4.74 Å². The Labute approximate surface area is 165 Å². The first-order valence-corrected chi connectivity index (χ1v) is 11.9. The molecule has 1 aromatic rings. The van der Waals surface area contributed by atoms with Crippen molar-refractivity contribution in [1.29, 1.82) is 0 Å². The summed E-state index contributed by atoms with van der Waals surface area (Å²) in [7, 11) is 0. The number of amides is 1. The summed E-state index contributed by atoms with van der Waals surface area (Å²) in [4.78, 5) is 13.7. The van der Waals surface area contributed by atoms with Crippen molar-refractivity contribution in [2.45, 2.75) is 43.2 Å². The number of piperidine rings is 1. The van der Waals surface area contributed by atoms with Crippen molar-refractivity contribution in [1.82, 2.24) is 5.32 Å². The fourth-order valence-electron chi connectivity index (χ4n) is 3.64. The Morgan fingerprint density at radius 3 is 2.73 bits per heavy atom. The second-order valence-corrected chi connectivity index (χ2v) is 9.91. The van der Waals surface area contributed by atoms with E-state index < -0.39 is 0 Å². The van der Waals surface area contributed by atoms with Crippen molar-refractivity contribution in [3.8, 4) is 5.75 Å². The van der Waals surface area contributed by atoms with Crippen LogP contribution in [0.1, 0.15) is 42.8 Å². The van der Waals surface area contributed by atoms with Gasteiger partial charge in [-0.05, 0) is 43.9 Å². The normalized spacial score (nSPS) is 23.7. The van der Waals surface area contributed by atoms with Gasteiger partial charge in [0.2, 0.25) is 0 Å². The van der Waals surface area contributed by atoms with Gasteiger partial charge in [-0.15, -0.1) is 23.5 Å². The molecule has 144 valence electrons.